The Morgan fingerprint density at radius 1 is 1.50 bits per heavy atom. The number of halogens is 1. The van der Waals surface area contributed by atoms with Crippen LogP contribution in [0.5, 0.6) is 0 Å². The number of hydrogen-bond acceptors (Lipinski definition) is 5. The van der Waals surface area contributed by atoms with Gasteiger partial charge in [-0.1, -0.05) is 11.6 Å². The zero-order chi connectivity index (χ0) is 13.1. The van der Waals surface area contributed by atoms with Crippen molar-refractivity contribution in [3.05, 3.63) is 40.8 Å². The van der Waals surface area contributed by atoms with Crippen molar-refractivity contribution in [2.45, 2.75) is 13.5 Å². The summed E-state index contributed by atoms with van der Waals surface area (Å²) in [5, 5.41) is 2.72. The highest BCUT2D eigenvalue weighted by atomic mass is 35.5. The summed E-state index contributed by atoms with van der Waals surface area (Å²) in [5.74, 6) is 0.729. The van der Waals surface area contributed by atoms with E-state index in [2.05, 4.69) is 15.3 Å². The molecule has 0 atom stereocenters. The number of carbonyl (C=O) groups is 1. The van der Waals surface area contributed by atoms with Crippen LogP contribution in [0.3, 0.4) is 0 Å². The van der Waals surface area contributed by atoms with Crippen molar-refractivity contribution in [2.24, 2.45) is 0 Å². The van der Waals surface area contributed by atoms with Crippen molar-refractivity contribution in [1.82, 2.24) is 15.3 Å². The Kier molecular flexibility index (Phi) is 3.47. The molecule has 0 aliphatic carbocycles. The van der Waals surface area contributed by atoms with E-state index in [-0.39, 0.29) is 23.2 Å². The lowest BCUT2D eigenvalue weighted by Crippen LogP contribution is -2.23. The van der Waals surface area contributed by atoms with E-state index in [0.29, 0.717) is 17.3 Å². The number of nitrogen functional groups attached to an aromatic ring is 1. The number of nitrogens with zero attached hydrogens (tertiary/aromatic N) is 2. The van der Waals surface area contributed by atoms with Gasteiger partial charge >= 0.3 is 0 Å². The Balaban J connectivity index is 2.05. The average molecular weight is 267 g/mol. The lowest BCUT2D eigenvalue weighted by atomic mass is 10.2. The van der Waals surface area contributed by atoms with E-state index in [1.807, 2.05) is 0 Å². The number of rotatable bonds is 3. The first-order valence-electron chi connectivity index (χ1n) is 5.17. The highest BCUT2D eigenvalue weighted by Gasteiger charge is 2.12. The monoisotopic (exact) mass is 266 g/mol. The molecule has 0 aliphatic heterocycles. The lowest BCUT2D eigenvalue weighted by Gasteiger charge is -2.05. The van der Waals surface area contributed by atoms with Gasteiger partial charge in [-0.2, -0.15) is 0 Å². The fraction of sp³-hybridized carbons (Fsp3) is 0.182. The number of amides is 1. The molecule has 0 radical (unpaired) electrons. The third-order valence-corrected chi connectivity index (χ3v) is 2.48. The molecular formula is C11H11ClN4O2. The minimum Gasteiger partial charge on any atom is -0.444 e. The van der Waals surface area contributed by atoms with E-state index in [4.69, 9.17) is 21.8 Å². The first-order chi connectivity index (χ1) is 8.56. The van der Waals surface area contributed by atoms with Gasteiger partial charge in [0.1, 0.15) is 10.9 Å². The van der Waals surface area contributed by atoms with Crippen LogP contribution in [0.15, 0.2) is 22.9 Å². The highest BCUT2D eigenvalue weighted by molar-refractivity contribution is 6.32. The Bertz CT molecular complexity index is 582. The van der Waals surface area contributed by atoms with E-state index in [9.17, 15) is 4.79 Å². The smallest absolute Gasteiger partial charge is 0.254 e. The van der Waals surface area contributed by atoms with Crippen molar-refractivity contribution >= 4 is 23.2 Å². The maximum Gasteiger partial charge on any atom is 0.254 e. The minimum atomic E-state index is -0.379. The fourth-order valence-corrected chi connectivity index (χ4v) is 1.55. The molecule has 0 spiro atoms. The van der Waals surface area contributed by atoms with Gasteiger partial charge in [0, 0.05) is 0 Å². The van der Waals surface area contributed by atoms with Crippen molar-refractivity contribution < 1.29 is 9.21 Å². The van der Waals surface area contributed by atoms with Crippen LogP contribution in [-0.2, 0) is 6.54 Å². The molecule has 2 rings (SSSR count). The Hall–Kier alpha value is -2.08. The second kappa shape index (κ2) is 5.05. The van der Waals surface area contributed by atoms with Crippen molar-refractivity contribution in [3.8, 4) is 0 Å². The second-order valence-corrected chi connectivity index (χ2v) is 4.01. The van der Waals surface area contributed by atoms with E-state index in [1.165, 1.54) is 12.3 Å². The SMILES string of the molecule is Cc1cnc(CNC(=O)c2cc(N)cnc2Cl)o1. The van der Waals surface area contributed by atoms with Crippen molar-refractivity contribution in [3.63, 3.8) is 0 Å². The van der Waals surface area contributed by atoms with Crippen molar-refractivity contribution in [2.75, 3.05) is 5.73 Å². The molecule has 2 aromatic rings. The first-order valence-corrected chi connectivity index (χ1v) is 5.54. The molecule has 0 bridgehead atoms. The van der Waals surface area contributed by atoms with Gasteiger partial charge < -0.3 is 15.5 Å². The summed E-state index contributed by atoms with van der Waals surface area (Å²) in [5.41, 5.74) is 6.14. The topological polar surface area (TPSA) is 94.0 Å². The molecule has 0 unspecified atom stereocenters. The molecule has 0 saturated heterocycles. The van der Waals surface area contributed by atoms with Gasteiger partial charge in [-0.15, -0.1) is 0 Å². The molecule has 1 amide bonds. The Morgan fingerprint density at radius 3 is 2.94 bits per heavy atom. The van der Waals surface area contributed by atoms with Crippen LogP contribution in [0.2, 0.25) is 5.15 Å². The number of aromatic nitrogens is 2. The number of aryl methyl sites for hydroxylation is 1. The zero-order valence-corrected chi connectivity index (χ0v) is 10.4. The van der Waals surface area contributed by atoms with E-state index in [0.717, 1.165) is 0 Å². The average Bonchev–Trinajstić information content (AvgIpc) is 2.75. The molecule has 0 aliphatic rings. The highest BCUT2D eigenvalue weighted by Crippen LogP contribution is 2.15. The molecule has 94 valence electrons. The summed E-state index contributed by atoms with van der Waals surface area (Å²) in [6.45, 7) is 1.95. The number of oxazole rings is 1. The van der Waals surface area contributed by atoms with Crippen LogP contribution in [0, 0.1) is 6.92 Å². The molecule has 18 heavy (non-hydrogen) atoms. The molecule has 2 heterocycles. The summed E-state index contributed by atoms with van der Waals surface area (Å²) < 4.78 is 5.22. The molecule has 0 fully saturated rings. The summed E-state index contributed by atoms with van der Waals surface area (Å²) in [6.07, 6.45) is 2.97. The van der Waals surface area contributed by atoms with Gasteiger partial charge in [0.15, 0.2) is 0 Å². The summed E-state index contributed by atoms with van der Waals surface area (Å²) in [4.78, 5) is 19.6. The molecule has 7 heteroatoms. The minimum absolute atomic E-state index is 0.102. The summed E-state index contributed by atoms with van der Waals surface area (Å²) >= 11 is 5.81. The maximum absolute atomic E-state index is 11.8. The molecule has 3 N–H and O–H groups in total. The van der Waals surface area contributed by atoms with Crippen LogP contribution in [0.25, 0.3) is 0 Å². The quantitative estimate of drug-likeness (QED) is 0.822. The van der Waals surface area contributed by atoms with E-state index in [1.54, 1.807) is 13.1 Å². The zero-order valence-electron chi connectivity index (χ0n) is 9.61. The van der Waals surface area contributed by atoms with Crippen molar-refractivity contribution in [1.29, 1.82) is 0 Å². The predicted molar refractivity (Wildman–Crippen MR) is 66.1 cm³/mol. The van der Waals surface area contributed by atoms with Crippen LogP contribution in [-0.4, -0.2) is 15.9 Å². The fourth-order valence-electron chi connectivity index (χ4n) is 1.36. The molecular weight excluding hydrogens is 256 g/mol. The third kappa shape index (κ3) is 2.78. The third-order valence-electron chi connectivity index (χ3n) is 2.17. The summed E-state index contributed by atoms with van der Waals surface area (Å²) in [7, 11) is 0. The largest absolute Gasteiger partial charge is 0.444 e. The van der Waals surface area contributed by atoms with Crippen LogP contribution < -0.4 is 11.1 Å². The van der Waals surface area contributed by atoms with Gasteiger partial charge in [0.2, 0.25) is 5.89 Å². The number of pyridine rings is 1. The van der Waals surface area contributed by atoms with Crippen LogP contribution in [0.4, 0.5) is 5.69 Å². The number of nitrogens with two attached hydrogens (primary N) is 1. The normalized spacial score (nSPS) is 10.3. The maximum atomic E-state index is 11.8. The number of hydrogen-bond donors (Lipinski definition) is 2. The van der Waals surface area contributed by atoms with Crippen LogP contribution >= 0.6 is 11.6 Å². The van der Waals surface area contributed by atoms with Gasteiger partial charge in [0.05, 0.1) is 30.2 Å². The molecule has 0 saturated carbocycles. The number of nitrogens with one attached hydrogen (secondary N) is 1. The van der Waals surface area contributed by atoms with Gasteiger partial charge in [0.25, 0.3) is 5.91 Å². The Labute approximate surface area is 108 Å². The first kappa shape index (κ1) is 12.4. The lowest BCUT2D eigenvalue weighted by molar-refractivity contribution is 0.0947. The standard InChI is InChI=1S/C11H11ClN4O2/c1-6-3-14-9(18-6)5-16-11(17)8-2-7(13)4-15-10(8)12/h2-4H,5,13H2,1H3,(H,16,17). The number of anilines is 1. The predicted octanol–water partition coefficient (Wildman–Crippen LogP) is 1.54. The van der Waals surface area contributed by atoms with Gasteiger partial charge in [-0.25, -0.2) is 9.97 Å². The summed E-state index contributed by atoms with van der Waals surface area (Å²) in [6, 6.07) is 1.46. The molecule has 6 nitrogen and oxygen atoms in total. The molecule has 2 aromatic heterocycles. The van der Waals surface area contributed by atoms with Gasteiger partial charge in [-0.3, -0.25) is 4.79 Å². The molecule has 0 aromatic carbocycles. The second-order valence-electron chi connectivity index (χ2n) is 3.65. The van der Waals surface area contributed by atoms with Gasteiger partial charge in [-0.05, 0) is 13.0 Å². The Morgan fingerprint density at radius 2 is 2.28 bits per heavy atom. The number of carbonyl (C=O) groups excluding carboxylic acids is 1. The van der Waals surface area contributed by atoms with E-state index >= 15 is 0 Å². The van der Waals surface area contributed by atoms with Crippen LogP contribution in [0.1, 0.15) is 22.0 Å². The van der Waals surface area contributed by atoms with E-state index < -0.39 is 0 Å².